The highest BCUT2D eigenvalue weighted by molar-refractivity contribution is 5.78. The summed E-state index contributed by atoms with van der Waals surface area (Å²) in [5.41, 5.74) is 5.05. The molecule has 0 saturated carbocycles. The molecule has 0 amide bonds. The number of hydrogen-bond acceptors (Lipinski definition) is 4. The van der Waals surface area contributed by atoms with Gasteiger partial charge in [0.25, 0.3) is 0 Å². The molecule has 0 aliphatic heterocycles. The number of rotatable bonds is 6. The maximum atomic E-state index is 9.74. The lowest BCUT2D eigenvalue weighted by atomic mass is 10.0. The van der Waals surface area contributed by atoms with Crippen molar-refractivity contribution in [2.45, 2.75) is 12.6 Å². The molecule has 2 heterocycles. The van der Waals surface area contributed by atoms with E-state index in [1.807, 2.05) is 55.0 Å². The van der Waals surface area contributed by atoms with Crippen LogP contribution >= 0.6 is 0 Å². The van der Waals surface area contributed by atoms with Gasteiger partial charge >= 0.3 is 0 Å². The lowest BCUT2D eigenvalue weighted by molar-refractivity contribution is 0.264. The zero-order chi connectivity index (χ0) is 20.2. The van der Waals surface area contributed by atoms with Crippen LogP contribution in [0.4, 0.5) is 0 Å². The highest BCUT2D eigenvalue weighted by Crippen LogP contribution is 2.33. The second-order valence-electron chi connectivity index (χ2n) is 7.24. The predicted molar refractivity (Wildman–Crippen MR) is 115 cm³/mol. The van der Waals surface area contributed by atoms with Crippen molar-refractivity contribution < 1.29 is 5.11 Å². The summed E-state index contributed by atoms with van der Waals surface area (Å²) in [6.07, 6.45) is 3.72. The lowest BCUT2D eigenvalue weighted by Gasteiger charge is -2.25. The zero-order valence-corrected chi connectivity index (χ0v) is 16.6. The predicted octanol–water partition coefficient (Wildman–Crippen LogP) is 4.62. The van der Waals surface area contributed by atoms with E-state index in [1.54, 1.807) is 12.1 Å². The number of benzene rings is 2. The van der Waals surface area contributed by atoms with Gasteiger partial charge in [0.05, 0.1) is 29.5 Å². The van der Waals surface area contributed by atoms with Crippen molar-refractivity contribution in [3.8, 4) is 28.3 Å². The molecule has 4 aromatic rings. The van der Waals surface area contributed by atoms with Crippen molar-refractivity contribution in [3.63, 3.8) is 0 Å². The van der Waals surface area contributed by atoms with E-state index in [0.717, 1.165) is 28.2 Å². The summed E-state index contributed by atoms with van der Waals surface area (Å²) in [6, 6.07) is 23.6. The SMILES string of the molecule is CN(C)C(Cn1cnc(-c2ccccc2)c1-c1ccc(O)cc1)c1ccccn1. The van der Waals surface area contributed by atoms with Gasteiger partial charge in [0.2, 0.25) is 0 Å². The Hall–Kier alpha value is -3.44. The standard InChI is InChI=1S/C24H24N4O/c1-27(2)22(21-10-6-7-15-25-21)16-28-17-26-23(18-8-4-3-5-9-18)24(28)19-11-13-20(29)14-12-19/h3-15,17,22,29H,16H2,1-2H3. The summed E-state index contributed by atoms with van der Waals surface area (Å²) in [6.45, 7) is 0.708. The second-order valence-corrected chi connectivity index (χ2v) is 7.24. The number of imidazole rings is 1. The fourth-order valence-corrected chi connectivity index (χ4v) is 3.53. The molecule has 146 valence electrons. The lowest BCUT2D eigenvalue weighted by Crippen LogP contribution is -2.25. The number of aromatic hydroxyl groups is 1. The molecule has 5 nitrogen and oxygen atoms in total. The zero-order valence-electron chi connectivity index (χ0n) is 16.6. The highest BCUT2D eigenvalue weighted by atomic mass is 16.3. The molecular formula is C24H24N4O. The first-order valence-corrected chi connectivity index (χ1v) is 9.61. The monoisotopic (exact) mass is 384 g/mol. The molecule has 29 heavy (non-hydrogen) atoms. The molecule has 4 rings (SSSR count). The van der Waals surface area contributed by atoms with Crippen molar-refractivity contribution >= 4 is 0 Å². The third-order valence-electron chi connectivity index (χ3n) is 5.05. The minimum Gasteiger partial charge on any atom is -0.508 e. The first-order chi connectivity index (χ1) is 14.1. The number of phenolic OH excluding ortho intramolecular Hbond substituents is 1. The van der Waals surface area contributed by atoms with Crippen LogP contribution < -0.4 is 0 Å². The van der Waals surface area contributed by atoms with Crippen LogP contribution in [0.2, 0.25) is 0 Å². The van der Waals surface area contributed by atoms with Gasteiger partial charge in [-0.3, -0.25) is 9.88 Å². The van der Waals surface area contributed by atoms with Crippen LogP contribution in [0.1, 0.15) is 11.7 Å². The van der Waals surface area contributed by atoms with Crippen molar-refractivity contribution in [3.05, 3.63) is 91.0 Å². The second kappa shape index (κ2) is 8.29. The summed E-state index contributed by atoms with van der Waals surface area (Å²) in [7, 11) is 4.13. The van der Waals surface area contributed by atoms with Crippen molar-refractivity contribution in [1.29, 1.82) is 0 Å². The van der Waals surface area contributed by atoms with E-state index in [-0.39, 0.29) is 11.8 Å². The van der Waals surface area contributed by atoms with Gasteiger partial charge in [0, 0.05) is 23.9 Å². The van der Waals surface area contributed by atoms with Crippen LogP contribution in [-0.2, 0) is 6.54 Å². The number of nitrogens with zero attached hydrogens (tertiary/aromatic N) is 4. The minimum atomic E-state index is 0.102. The molecule has 0 bridgehead atoms. The van der Waals surface area contributed by atoms with E-state index >= 15 is 0 Å². The van der Waals surface area contributed by atoms with Crippen LogP contribution in [0.5, 0.6) is 5.75 Å². The Kier molecular flexibility index (Phi) is 5.40. The molecule has 0 saturated heterocycles. The Morgan fingerprint density at radius 3 is 2.24 bits per heavy atom. The topological polar surface area (TPSA) is 54.2 Å². The average Bonchev–Trinajstić information content (AvgIpc) is 3.17. The third kappa shape index (κ3) is 4.05. The Bertz CT molecular complexity index is 1060. The summed E-state index contributed by atoms with van der Waals surface area (Å²) >= 11 is 0. The molecule has 0 fully saturated rings. The van der Waals surface area contributed by atoms with E-state index in [4.69, 9.17) is 4.98 Å². The Labute approximate surface area is 170 Å². The number of phenols is 1. The highest BCUT2D eigenvalue weighted by Gasteiger charge is 2.21. The van der Waals surface area contributed by atoms with Gasteiger partial charge in [-0.2, -0.15) is 0 Å². The molecule has 0 aliphatic rings. The van der Waals surface area contributed by atoms with Crippen molar-refractivity contribution in [1.82, 2.24) is 19.4 Å². The van der Waals surface area contributed by atoms with Crippen LogP contribution in [0.25, 0.3) is 22.5 Å². The van der Waals surface area contributed by atoms with Gasteiger partial charge in [0.1, 0.15) is 5.75 Å². The van der Waals surface area contributed by atoms with Gasteiger partial charge in [-0.25, -0.2) is 4.98 Å². The van der Waals surface area contributed by atoms with Crippen LogP contribution in [-0.4, -0.2) is 38.6 Å². The maximum Gasteiger partial charge on any atom is 0.115 e. The molecule has 1 unspecified atom stereocenters. The fourth-order valence-electron chi connectivity index (χ4n) is 3.53. The molecule has 0 radical (unpaired) electrons. The van der Waals surface area contributed by atoms with E-state index in [2.05, 4.69) is 46.7 Å². The van der Waals surface area contributed by atoms with Gasteiger partial charge in [-0.05, 0) is 50.5 Å². The van der Waals surface area contributed by atoms with Gasteiger partial charge in [-0.15, -0.1) is 0 Å². The summed E-state index contributed by atoms with van der Waals surface area (Å²) in [5.74, 6) is 0.251. The molecule has 5 heteroatoms. The molecule has 2 aromatic heterocycles. The number of likely N-dealkylation sites (N-methyl/N-ethyl adjacent to an activating group) is 1. The smallest absolute Gasteiger partial charge is 0.115 e. The van der Waals surface area contributed by atoms with E-state index in [0.29, 0.717) is 6.54 Å². The van der Waals surface area contributed by atoms with E-state index in [1.165, 1.54) is 0 Å². The Morgan fingerprint density at radius 1 is 0.862 bits per heavy atom. The minimum absolute atomic E-state index is 0.102. The van der Waals surface area contributed by atoms with Crippen LogP contribution in [0.3, 0.4) is 0 Å². The molecule has 1 atom stereocenters. The third-order valence-corrected chi connectivity index (χ3v) is 5.05. The fraction of sp³-hybridized carbons (Fsp3) is 0.167. The van der Waals surface area contributed by atoms with E-state index in [9.17, 15) is 5.11 Å². The Morgan fingerprint density at radius 2 is 1.59 bits per heavy atom. The molecule has 2 aromatic carbocycles. The maximum absolute atomic E-state index is 9.74. The van der Waals surface area contributed by atoms with Crippen LogP contribution in [0, 0.1) is 0 Å². The number of pyridine rings is 1. The molecule has 0 spiro atoms. The van der Waals surface area contributed by atoms with Gasteiger partial charge in [0.15, 0.2) is 0 Å². The van der Waals surface area contributed by atoms with Crippen molar-refractivity contribution in [2.75, 3.05) is 14.1 Å². The average molecular weight is 384 g/mol. The Balaban J connectivity index is 1.81. The van der Waals surface area contributed by atoms with Gasteiger partial charge in [-0.1, -0.05) is 36.4 Å². The number of aromatic nitrogens is 3. The molecular weight excluding hydrogens is 360 g/mol. The first kappa shape index (κ1) is 18.9. The normalized spacial score (nSPS) is 12.2. The first-order valence-electron chi connectivity index (χ1n) is 9.61. The van der Waals surface area contributed by atoms with E-state index < -0.39 is 0 Å². The largest absolute Gasteiger partial charge is 0.508 e. The summed E-state index contributed by atoms with van der Waals surface area (Å²) in [5, 5.41) is 9.74. The quantitative estimate of drug-likeness (QED) is 0.527. The molecule has 1 N–H and O–H groups in total. The van der Waals surface area contributed by atoms with Crippen molar-refractivity contribution in [2.24, 2.45) is 0 Å². The summed E-state index contributed by atoms with van der Waals surface area (Å²) < 4.78 is 2.17. The molecule has 0 aliphatic carbocycles. The summed E-state index contributed by atoms with van der Waals surface area (Å²) in [4.78, 5) is 11.5. The van der Waals surface area contributed by atoms with Crippen LogP contribution in [0.15, 0.2) is 85.3 Å². The number of hydrogen-bond donors (Lipinski definition) is 1. The van der Waals surface area contributed by atoms with Gasteiger partial charge < -0.3 is 9.67 Å².